The van der Waals surface area contributed by atoms with Crippen LogP contribution in [-0.4, -0.2) is 36.1 Å². The van der Waals surface area contributed by atoms with E-state index in [4.69, 9.17) is 9.47 Å². The molecule has 2 unspecified atom stereocenters. The van der Waals surface area contributed by atoms with Crippen LogP contribution in [-0.2, 0) is 17.8 Å². The Balaban J connectivity index is 1.19. The first-order valence-electron chi connectivity index (χ1n) is 14.9. The molecule has 3 fully saturated rings. The number of aliphatic carboxylic acids is 1. The number of likely N-dealkylation sites (tertiary alicyclic amines) is 1. The summed E-state index contributed by atoms with van der Waals surface area (Å²) in [6.45, 7) is 4.71. The molecule has 2 saturated carbocycles. The van der Waals surface area contributed by atoms with Crippen LogP contribution < -0.4 is 14.6 Å². The van der Waals surface area contributed by atoms with Gasteiger partial charge in [-0.1, -0.05) is 37.3 Å². The minimum atomic E-state index is -0.996. The molecule has 3 aromatic rings. The smallest absolute Gasteiger partial charge is 0.213 e. The number of benzene rings is 2. The van der Waals surface area contributed by atoms with Gasteiger partial charge in [0.15, 0.2) is 0 Å². The van der Waals surface area contributed by atoms with E-state index in [0.717, 1.165) is 90.7 Å². The van der Waals surface area contributed by atoms with Crippen molar-refractivity contribution in [2.24, 2.45) is 23.7 Å². The van der Waals surface area contributed by atoms with E-state index in [-0.39, 0.29) is 17.8 Å². The number of piperidine rings is 1. The summed E-state index contributed by atoms with van der Waals surface area (Å²) in [4.78, 5) is 18.3. The molecule has 5 atom stereocenters. The van der Waals surface area contributed by atoms with Crippen LogP contribution in [0.1, 0.15) is 66.9 Å². The molecule has 214 valence electrons. The average Bonchev–Trinajstić information content (AvgIpc) is 3.91. The molecule has 1 aromatic heterocycles. The van der Waals surface area contributed by atoms with Gasteiger partial charge in [-0.2, -0.15) is 0 Å². The largest absolute Gasteiger partial charge is 0.550 e. The number of pyridine rings is 1. The third kappa shape index (κ3) is 5.21. The zero-order valence-corrected chi connectivity index (χ0v) is 23.6. The second-order valence-electron chi connectivity index (χ2n) is 12.6. The van der Waals surface area contributed by atoms with Gasteiger partial charge in [-0.25, -0.2) is 9.37 Å². The van der Waals surface area contributed by atoms with E-state index in [1.54, 1.807) is 20.1 Å². The molecule has 1 saturated heterocycles. The first-order chi connectivity index (χ1) is 19.9. The molecule has 6 nitrogen and oxygen atoms in total. The van der Waals surface area contributed by atoms with E-state index >= 15 is 4.39 Å². The molecule has 2 aliphatic carbocycles. The van der Waals surface area contributed by atoms with Crippen molar-refractivity contribution in [3.8, 4) is 22.8 Å². The van der Waals surface area contributed by atoms with Crippen molar-refractivity contribution < 1.29 is 23.8 Å². The third-order valence-corrected chi connectivity index (χ3v) is 9.74. The highest BCUT2D eigenvalue weighted by Crippen LogP contribution is 2.49. The molecule has 7 heteroatoms. The van der Waals surface area contributed by atoms with Gasteiger partial charge in [0.1, 0.15) is 17.7 Å². The Hall–Kier alpha value is -3.45. The monoisotopic (exact) mass is 555 g/mol. The van der Waals surface area contributed by atoms with E-state index in [1.165, 1.54) is 12.6 Å². The summed E-state index contributed by atoms with van der Waals surface area (Å²) in [5.74, 6) is 1.28. The summed E-state index contributed by atoms with van der Waals surface area (Å²) in [6, 6.07) is 14.2. The standard InChI is InChI=1S/C34H37FN2O4/c1-19(34(38)39)33(21-4-5-21)23-6-3-20-8-10-30(41-31(20)13-23)22-7-9-27(28-14-32(40-2)36-15-29(28)35)26(11-22)18-37-16-24-12-25(24)17-37/h3,6-7,9,11,13-15,19,21,24-25,30,33H,4-5,8,10,12,16-18H2,1-2H3,(H,38,39)/p-1/t19-,24?,25?,30-,33-/m0/s1. The number of ether oxygens (including phenoxy) is 2. The Kier molecular flexibility index (Phi) is 6.73. The number of carbonyl (C=O) groups excluding carboxylic acids is 1. The van der Waals surface area contributed by atoms with Gasteiger partial charge >= 0.3 is 0 Å². The van der Waals surface area contributed by atoms with Crippen molar-refractivity contribution in [1.29, 1.82) is 0 Å². The molecule has 41 heavy (non-hydrogen) atoms. The molecule has 7 rings (SSSR count). The number of fused-ring (bicyclic) bond motifs is 2. The lowest BCUT2D eigenvalue weighted by molar-refractivity contribution is -0.311. The quantitative estimate of drug-likeness (QED) is 0.357. The van der Waals surface area contributed by atoms with Gasteiger partial charge in [0.05, 0.1) is 13.3 Å². The number of rotatable bonds is 9. The van der Waals surface area contributed by atoms with Crippen molar-refractivity contribution in [3.05, 3.63) is 76.7 Å². The molecule has 3 heterocycles. The highest BCUT2D eigenvalue weighted by Gasteiger charge is 2.45. The zero-order valence-electron chi connectivity index (χ0n) is 23.6. The van der Waals surface area contributed by atoms with Crippen LogP contribution in [0.15, 0.2) is 48.7 Å². The minimum absolute atomic E-state index is 0.0564. The topological polar surface area (TPSA) is 74.7 Å². The molecule has 2 aliphatic heterocycles. The summed E-state index contributed by atoms with van der Waals surface area (Å²) in [7, 11) is 1.54. The SMILES string of the molecule is COc1cc(-c2ccc([C@@H]3CCc4ccc([C@H](C5CC5)[C@H](C)C(=O)[O-])cc4O3)cc2CN2CC3CC3C2)c(F)cn1. The average molecular weight is 556 g/mol. The number of hydrogen-bond donors (Lipinski definition) is 0. The molecule has 2 aromatic carbocycles. The van der Waals surface area contributed by atoms with E-state index < -0.39 is 11.9 Å². The van der Waals surface area contributed by atoms with Crippen LogP contribution in [0.25, 0.3) is 11.1 Å². The van der Waals surface area contributed by atoms with Gasteiger partial charge in [0.25, 0.3) is 0 Å². The van der Waals surface area contributed by atoms with Crippen LogP contribution in [0.2, 0.25) is 0 Å². The maximum absolute atomic E-state index is 15.0. The first kappa shape index (κ1) is 26.4. The van der Waals surface area contributed by atoms with Gasteiger partial charge in [-0.15, -0.1) is 0 Å². The highest BCUT2D eigenvalue weighted by molar-refractivity contribution is 5.70. The van der Waals surface area contributed by atoms with E-state index in [1.807, 2.05) is 6.07 Å². The van der Waals surface area contributed by atoms with Crippen LogP contribution in [0.4, 0.5) is 4.39 Å². The summed E-state index contributed by atoms with van der Waals surface area (Å²) in [5.41, 5.74) is 5.68. The van der Waals surface area contributed by atoms with Crippen molar-refractivity contribution in [3.63, 3.8) is 0 Å². The highest BCUT2D eigenvalue weighted by atomic mass is 19.1. The van der Waals surface area contributed by atoms with Gasteiger partial charge in [0, 0.05) is 43.2 Å². The molecular weight excluding hydrogens is 519 g/mol. The third-order valence-electron chi connectivity index (χ3n) is 9.74. The van der Waals surface area contributed by atoms with Gasteiger partial charge in [-0.05, 0) is 89.7 Å². The maximum atomic E-state index is 15.0. The fraction of sp³-hybridized carbons (Fsp3) is 0.471. The number of aromatic nitrogens is 1. The number of hydrogen-bond acceptors (Lipinski definition) is 6. The molecule has 0 amide bonds. The number of carboxylic acids is 1. The van der Waals surface area contributed by atoms with E-state index in [2.05, 4.69) is 40.2 Å². The molecule has 0 N–H and O–H groups in total. The number of aryl methyl sites for hydroxylation is 1. The van der Waals surface area contributed by atoms with Gasteiger partial charge < -0.3 is 19.4 Å². The fourth-order valence-electron chi connectivity index (χ4n) is 7.21. The summed E-state index contributed by atoms with van der Waals surface area (Å²) >= 11 is 0. The van der Waals surface area contributed by atoms with Crippen LogP contribution in [0.3, 0.4) is 0 Å². The molecular formula is C34H36FN2O4-. The second-order valence-corrected chi connectivity index (χ2v) is 12.6. The lowest BCUT2D eigenvalue weighted by Crippen LogP contribution is -2.34. The van der Waals surface area contributed by atoms with E-state index in [9.17, 15) is 9.90 Å². The van der Waals surface area contributed by atoms with Crippen molar-refractivity contribution in [2.75, 3.05) is 20.2 Å². The fourth-order valence-corrected chi connectivity index (χ4v) is 7.21. The lowest BCUT2D eigenvalue weighted by Gasteiger charge is -2.30. The van der Waals surface area contributed by atoms with Gasteiger partial charge in [-0.3, -0.25) is 4.90 Å². The van der Waals surface area contributed by atoms with Crippen molar-refractivity contribution in [2.45, 2.75) is 57.6 Å². The summed E-state index contributed by atoms with van der Waals surface area (Å²) in [6.07, 6.45) is 6.27. The summed E-state index contributed by atoms with van der Waals surface area (Å²) in [5, 5.41) is 11.8. The Bertz CT molecular complexity index is 1480. The normalized spacial score (nSPS) is 24.6. The Morgan fingerprint density at radius 3 is 2.66 bits per heavy atom. The van der Waals surface area contributed by atoms with Crippen molar-refractivity contribution in [1.82, 2.24) is 9.88 Å². The lowest BCUT2D eigenvalue weighted by atomic mass is 9.82. The van der Waals surface area contributed by atoms with Crippen LogP contribution in [0.5, 0.6) is 11.6 Å². The van der Waals surface area contributed by atoms with E-state index in [0.29, 0.717) is 17.4 Å². The number of methoxy groups -OCH3 is 1. The molecule has 0 bridgehead atoms. The number of carboxylic acid groups (broad SMARTS) is 1. The Morgan fingerprint density at radius 1 is 1.12 bits per heavy atom. The minimum Gasteiger partial charge on any atom is -0.550 e. The summed E-state index contributed by atoms with van der Waals surface area (Å²) < 4.78 is 27.0. The Morgan fingerprint density at radius 2 is 1.93 bits per heavy atom. The number of nitrogens with zero attached hydrogens (tertiary/aromatic N) is 2. The molecule has 4 aliphatic rings. The molecule has 0 spiro atoms. The predicted molar refractivity (Wildman–Crippen MR) is 151 cm³/mol. The predicted octanol–water partition coefficient (Wildman–Crippen LogP) is 5.29. The van der Waals surface area contributed by atoms with Crippen LogP contribution in [0, 0.1) is 29.5 Å². The zero-order chi connectivity index (χ0) is 28.2. The number of carbonyl (C=O) groups is 1. The second kappa shape index (κ2) is 10.4. The van der Waals surface area contributed by atoms with Crippen molar-refractivity contribution >= 4 is 5.97 Å². The first-order valence-corrected chi connectivity index (χ1v) is 14.9. The van der Waals surface area contributed by atoms with Crippen LogP contribution >= 0.6 is 0 Å². The maximum Gasteiger partial charge on any atom is 0.213 e. The number of halogens is 1. The molecule has 0 radical (unpaired) electrons. The Labute approximate surface area is 240 Å². The van der Waals surface area contributed by atoms with Gasteiger partial charge in [0.2, 0.25) is 5.88 Å².